The van der Waals surface area contributed by atoms with Crippen LogP contribution in [0, 0.1) is 5.92 Å². The van der Waals surface area contributed by atoms with Gasteiger partial charge in [0, 0.05) is 12.4 Å². The number of rotatable bonds is 3. The zero-order chi connectivity index (χ0) is 11.4. The van der Waals surface area contributed by atoms with E-state index in [9.17, 15) is 8.42 Å². The molecule has 1 aliphatic rings. The zero-order valence-corrected chi connectivity index (χ0v) is 9.91. The van der Waals surface area contributed by atoms with Crippen molar-refractivity contribution < 1.29 is 8.42 Å². The summed E-state index contributed by atoms with van der Waals surface area (Å²) in [6.07, 6.45) is 5.10. The molecule has 4 nitrogen and oxygen atoms in total. The van der Waals surface area contributed by atoms with E-state index < -0.39 is 9.84 Å². The van der Waals surface area contributed by atoms with Crippen molar-refractivity contribution in [1.29, 1.82) is 0 Å². The Labute approximate surface area is 96.0 Å². The van der Waals surface area contributed by atoms with Crippen LogP contribution in [0.1, 0.15) is 12.8 Å². The van der Waals surface area contributed by atoms with Crippen LogP contribution in [0.4, 0.5) is 0 Å². The highest BCUT2D eigenvalue weighted by molar-refractivity contribution is 7.91. The molecule has 1 saturated heterocycles. The summed E-state index contributed by atoms with van der Waals surface area (Å²) in [5.74, 6) is 0.483. The molecule has 1 fully saturated rings. The first kappa shape index (κ1) is 11.5. The Bertz CT molecular complexity index is 425. The lowest BCUT2D eigenvalue weighted by Gasteiger charge is -2.22. The monoisotopic (exact) mass is 240 g/mol. The van der Waals surface area contributed by atoms with Crippen LogP contribution in [0.25, 0.3) is 0 Å². The Morgan fingerprint density at radius 2 is 2.12 bits per heavy atom. The van der Waals surface area contributed by atoms with Gasteiger partial charge < -0.3 is 5.32 Å². The number of piperidine rings is 1. The number of hydrogen-bond donors (Lipinski definition) is 1. The average Bonchev–Trinajstić information content (AvgIpc) is 2.31. The summed E-state index contributed by atoms with van der Waals surface area (Å²) in [5.41, 5.74) is 0. The summed E-state index contributed by atoms with van der Waals surface area (Å²) in [6.45, 7) is 1.82. The van der Waals surface area contributed by atoms with Crippen LogP contribution in [0.2, 0.25) is 0 Å². The van der Waals surface area contributed by atoms with Crippen molar-refractivity contribution in [3.8, 4) is 0 Å². The highest BCUT2D eigenvalue weighted by Crippen LogP contribution is 2.17. The summed E-state index contributed by atoms with van der Waals surface area (Å²) < 4.78 is 24.1. The summed E-state index contributed by atoms with van der Waals surface area (Å²) in [5, 5.41) is 3.23. The van der Waals surface area contributed by atoms with E-state index in [0.717, 1.165) is 25.9 Å². The molecular weight excluding hydrogens is 224 g/mol. The van der Waals surface area contributed by atoms with Gasteiger partial charge >= 0.3 is 0 Å². The van der Waals surface area contributed by atoms with Crippen molar-refractivity contribution in [3.05, 3.63) is 24.5 Å². The lowest BCUT2D eigenvalue weighted by atomic mass is 10.0. The van der Waals surface area contributed by atoms with Crippen LogP contribution in [-0.2, 0) is 9.84 Å². The van der Waals surface area contributed by atoms with Gasteiger partial charge in [-0.25, -0.2) is 8.42 Å². The van der Waals surface area contributed by atoms with Crippen LogP contribution in [0.3, 0.4) is 0 Å². The molecule has 0 bridgehead atoms. The van der Waals surface area contributed by atoms with E-state index in [-0.39, 0.29) is 11.7 Å². The van der Waals surface area contributed by atoms with Gasteiger partial charge in [-0.2, -0.15) is 0 Å². The molecule has 1 aliphatic heterocycles. The first-order valence-corrected chi connectivity index (χ1v) is 7.17. The molecular formula is C11H16N2O2S. The Kier molecular flexibility index (Phi) is 3.56. The Morgan fingerprint density at radius 3 is 2.75 bits per heavy atom. The average molecular weight is 240 g/mol. The third-order valence-electron chi connectivity index (χ3n) is 2.86. The van der Waals surface area contributed by atoms with Crippen molar-refractivity contribution in [2.75, 3.05) is 18.8 Å². The van der Waals surface area contributed by atoms with Gasteiger partial charge in [-0.3, -0.25) is 4.98 Å². The van der Waals surface area contributed by atoms with Crippen LogP contribution in [-0.4, -0.2) is 32.2 Å². The topological polar surface area (TPSA) is 59.1 Å². The quantitative estimate of drug-likeness (QED) is 0.851. The minimum atomic E-state index is -3.14. The molecule has 2 rings (SSSR count). The molecule has 0 aromatic carbocycles. The maximum absolute atomic E-state index is 12.0. The maximum atomic E-state index is 12.0. The minimum absolute atomic E-state index is 0.240. The molecule has 88 valence electrons. The predicted octanol–water partition coefficient (Wildman–Crippen LogP) is 0.855. The van der Waals surface area contributed by atoms with Gasteiger partial charge in [-0.05, 0) is 44.0 Å². The van der Waals surface area contributed by atoms with Gasteiger partial charge in [0.25, 0.3) is 0 Å². The third kappa shape index (κ3) is 2.80. The number of sulfone groups is 1. The van der Waals surface area contributed by atoms with Gasteiger partial charge in [-0.1, -0.05) is 0 Å². The maximum Gasteiger partial charge on any atom is 0.178 e. The second kappa shape index (κ2) is 4.93. The molecule has 0 aliphatic carbocycles. The number of aromatic nitrogens is 1. The number of nitrogens with zero attached hydrogens (tertiary/aromatic N) is 1. The minimum Gasteiger partial charge on any atom is -0.316 e. The van der Waals surface area contributed by atoms with Crippen molar-refractivity contribution >= 4 is 9.84 Å². The second-order valence-corrected chi connectivity index (χ2v) is 6.21. The van der Waals surface area contributed by atoms with Crippen molar-refractivity contribution in [1.82, 2.24) is 10.3 Å². The van der Waals surface area contributed by atoms with Crippen LogP contribution >= 0.6 is 0 Å². The molecule has 2 heterocycles. The standard InChI is InChI=1S/C11H16N2O2S/c14-16(15,11-3-6-12-7-4-11)9-10-2-1-5-13-8-10/h3-4,6-7,10,13H,1-2,5,8-9H2/t10-/m0/s1. The first-order valence-electron chi connectivity index (χ1n) is 5.52. The summed E-state index contributed by atoms with van der Waals surface area (Å²) in [6, 6.07) is 3.12. The fraction of sp³-hybridized carbons (Fsp3) is 0.545. The number of hydrogen-bond acceptors (Lipinski definition) is 4. The molecule has 0 amide bonds. The van der Waals surface area contributed by atoms with Gasteiger partial charge in [0.1, 0.15) is 0 Å². The molecule has 1 N–H and O–H groups in total. The number of pyridine rings is 1. The van der Waals surface area contributed by atoms with Crippen LogP contribution in [0.5, 0.6) is 0 Å². The molecule has 0 unspecified atom stereocenters. The van der Waals surface area contributed by atoms with Gasteiger partial charge in [0.15, 0.2) is 9.84 Å². The van der Waals surface area contributed by atoms with E-state index in [1.165, 1.54) is 12.4 Å². The molecule has 1 aromatic rings. The Balaban J connectivity index is 2.08. The van der Waals surface area contributed by atoms with Crippen LogP contribution in [0.15, 0.2) is 29.4 Å². The second-order valence-electron chi connectivity index (χ2n) is 4.18. The Hall–Kier alpha value is -0.940. The SMILES string of the molecule is O=S(=O)(C[C@H]1CCCNC1)c1ccncc1. The van der Waals surface area contributed by atoms with E-state index in [2.05, 4.69) is 10.3 Å². The highest BCUT2D eigenvalue weighted by atomic mass is 32.2. The molecule has 5 heteroatoms. The molecule has 0 saturated carbocycles. The van der Waals surface area contributed by atoms with Gasteiger partial charge in [0.05, 0.1) is 10.6 Å². The van der Waals surface area contributed by atoms with E-state index in [4.69, 9.17) is 0 Å². The lowest BCUT2D eigenvalue weighted by molar-refractivity contribution is 0.404. The predicted molar refractivity (Wildman–Crippen MR) is 61.9 cm³/mol. The largest absolute Gasteiger partial charge is 0.316 e. The smallest absolute Gasteiger partial charge is 0.178 e. The highest BCUT2D eigenvalue weighted by Gasteiger charge is 2.22. The number of nitrogens with one attached hydrogen (secondary N) is 1. The van der Waals surface area contributed by atoms with Crippen molar-refractivity contribution in [3.63, 3.8) is 0 Å². The fourth-order valence-corrected chi connectivity index (χ4v) is 3.65. The van der Waals surface area contributed by atoms with E-state index in [1.807, 2.05) is 0 Å². The van der Waals surface area contributed by atoms with Gasteiger partial charge in [-0.15, -0.1) is 0 Å². The zero-order valence-electron chi connectivity index (χ0n) is 9.09. The Morgan fingerprint density at radius 1 is 1.38 bits per heavy atom. The van der Waals surface area contributed by atoms with Crippen molar-refractivity contribution in [2.24, 2.45) is 5.92 Å². The summed E-state index contributed by atoms with van der Waals surface area (Å²) >= 11 is 0. The van der Waals surface area contributed by atoms with Crippen LogP contribution < -0.4 is 5.32 Å². The summed E-state index contributed by atoms with van der Waals surface area (Å²) in [7, 11) is -3.14. The molecule has 0 radical (unpaired) electrons. The van der Waals surface area contributed by atoms with Crippen molar-refractivity contribution in [2.45, 2.75) is 17.7 Å². The third-order valence-corrected chi connectivity index (χ3v) is 4.76. The molecule has 1 aromatic heterocycles. The molecule has 16 heavy (non-hydrogen) atoms. The first-order chi connectivity index (χ1) is 7.68. The molecule has 0 spiro atoms. The lowest BCUT2D eigenvalue weighted by Crippen LogP contribution is -2.33. The van der Waals surface area contributed by atoms with E-state index in [0.29, 0.717) is 4.90 Å². The van der Waals surface area contributed by atoms with E-state index >= 15 is 0 Å². The fourth-order valence-electron chi connectivity index (χ4n) is 2.02. The summed E-state index contributed by atoms with van der Waals surface area (Å²) in [4.78, 5) is 4.21. The van der Waals surface area contributed by atoms with E-state index in [1.54, 1.807) is 12.1 Å². The molecule has 1 atom stereocenters. The van der Waals surface area contributed by atoms with Gasteiger partial charge in [0.2, 0.25) is 0 Å². The normalized spacial score (nSPS) is 21.9.